The first kappa shape index (κ1) is 28.0. The average molecular weight is 578 g/mol. The summed E-state index contributed by atoms with van der Waals surface area (Å²) >= 11 is 6.13. The number of piperidine rings is 1. The Bertz CT molecular complexity index is 1550. The third-order valence-electron chi connectivity index (χ3n) is 8.51. The monoisotopic (exact) mass is 577 g/mol. The van der Waals surface area contributed by atoms with Gasteiger partial charge in [0.05, 0.1) is 23.8 Å². The summed E-state index contributed by atoms with van der Waals surface area (Å²) in [7, 11) is 0. The summed E-state index contributed by atoms with van der Waals surface area (Å²) in [4.78, 5) is 34.2. The molecule has 2 aliphatic rings. The van der Waals surface area contributed by atoms with Crippen molar-refractivity contribution in [2.45, 2.75) is 45.2 Å². The van der Waals surface area contributed by atoms with Gasteiger partial charge in [-0.05, 0) is 84.3 Å². The van der Waals surface area contributed by atoms with Crippen molar-refractivity contribution in [1.29, 1.82) is 0 Å². The van der Waals surface area contributed by atoms with Gasteiger partial charge in [-0.1, -0.05) is 79.2 Å². The van der Waals surface area contributed by atoms with E-state index in [4.69, 9.17) is 11.6 Å². The quantitative estimate of drug-likeness (QED) is 0.223. The number of benzene rings is 4. The zero-order chi connectivity index (χ0) is 29.1. The Morgan fingerprint density at radius 1 is 0.786 bits per heavy atom. The molecule has 0 aliphatic carbocycles. The second-order valence-electron chi connectivity index (χ2n) is 11.2. The fraction of sp³-hybridized carbons (Fsp3) is 0.278. The number of nitrogens with zero attached hydrogens (tertiary/aromatic N) is 3. The average Bonchev–Trinajstić information content (AvgIpc) is 3.14. The molecule has 4 aromatic carbocycles. The number of amides is 2. The molecule has 5 nitrogen and oxygen atoms in total. The Morgan fingerprint density at radius 2 is 1.48 bits per heavy atom. The van der Waals surface area contributed by atoms with Crippen LogP contribution in [-0.4, -0.2) is 36.3 Å². The van der Waals surface area contributed by atoms with Gasteiger partial charge in [0.15, 0.2) is 0 Å². The van der Waals surface area contributed by atoms with E-state index in [9.17, 15) is 9.59 Å². The van der Waals surface area contributed by atoms with E-state index in [1.807, 2.05) is 72.8 Å². The number of hydrogen-bond acceptors (Lipinski definition) is 3. The summed E-state index contributed by atoms with van der Waals surface area (Å²) in [6.07, 6.45) is 4.47. The van der Waals surface area contributed by atoms with Crippen LogP contribution in [0.2, 0.25) is 5.02 Å². The van der Waals surface area contributed by atoms with Gasteiger partial charge < -0.3 is 14.7 Å². The van der Waals surface area contributed by atoms with E-state index in [1.165, 1.54) is 24.9 Å². The number of fused-ring (bicyclic) bond motifs is 1. The van der Waals surface area contributed by atoms with Gasteiger partial charge in [-0.25, -0.2) is 0 Å². The van der Waals surface area contributed by atoms with Crippen LogP contribution in [0.5, 0.6) is 0 Å². The fourth-order valence-corrected chi connectivity index (χ4v) is 6.37. The van der Waals surface area contributed by atoms with Gasteiger partial charge in [0, 0.05) is 23.8 Å². The number of anilines is 2. The molecule has 2 aliphatic heterocycles. The Hall–Kier alpha value is -4.09. The lowest BCUT2D eigenvalue weighted by Crippen LogP contribution is -2.41. The molecule has 0 radical (unpaired) electrons. The van der Waals surface area contributed by atoms with Gasteiger partial charge in [-0.2, -0.15) is 0 Å². The van der Waals surface area contributed by atoms with Gasteiger partial charge in [-0.15, -0.1) is 0 Å². The highest BCUT2D eigenvalue weighted by Gasteiger charge is 2.35. The highest BCUT2D eigenvalue weighted by molar-refractivity contribution is 6.30. The van der Waals surface area contributed by atoms with Crippen LogP contribution in [0.1, 0.15) is 60.1 Å². The molecule has 0 saturated carbocycles. The van der Waals surface area contributed by atoms with Gasteiger partial charge in [0.1, 0.15) is 6.54 Å². The van der Waals surface area contributed by atoms with Gasteiger partial charge in [-0.3, -0.25) is 9.59 Å². The lowest BCUT2D eigenvalue weighted by atomic mass is 9.98. The smallest absolute Gasteiger partial charge is 0.256 e. The molecule has 0 spiro atoms. The topological polar surface area (TPSA) is 43.9 Å². The van der Waals surface area contributed by atoms with Crippen LogP contribution >= 0.6 is 11.6 Å². The minimum atomic E-state index is -0.210. The first-order valence-electron chi connectivity index (χ1n) is 14.9. The van der Waals surface area contributed by atoms with E-state index in [-0.39, 0.29) is 24.4 Å². The maximum atomic E-state index is 14.4. The van der Waals surface area contributed by atoms with Crippen LogP contribution in [0.4, 0.5) is 11.4 Å². The normalized spacial score (nSPS) is 16.3. The molecule has 2 heterocycles. The van der Waals surface area contributed by atoms with E-state index in [0.717, 1.165) is 35.3 Å². The number of hydrogen-bond donors (Lipinski definition) is 0. The van der Waals surface area contributed by atoms with E-state index in [0.29, 0.717) is 29.2 Å². The molecule has 1 unspecified atom stereocenters. The summed E-state index contributed by atoms with van der Waals surface area (Å²) in [5.74, 6) is -0.232. The maximum Gasteiger partial charge on any atom is 0.256 e. The first-order chi connectivity index (χ1) is 20.5. The number of carbonyl (C=O) groups is 2. The molecule has 0 aromatic heterocycles. The highest BCUT2D eigenvalue weighted by Crippen LogP contribution is 2.36. The Balaban J connectivity index is 1.39. The second kappa shape index (κ2) is 12.4. The number of carbonyl (C=O) groups excluding carboxylic acids is 2. The van der Waals surface area contributed by atoms with Crippen molar-refractivity contribution in [1.82, 2.24) is 4.90 Å². The van der Waals surface area contributed by atoms with Gasteiger partial charge >= 0.3 is 0 Å². The standard InChI is InChI=1S/C36H36ClN3O2/c1-2-33(28-9-5-3-6-10-28)40-25-35(41)39(24-26-11-16-30(37)17-12-26)34-20-15-29(23-32(34)36(40)42)27-13-18-31(19-14-27)38-21-7-4-8-22-38/h3,5-6,9-20,23,33H,2,4,7-8,21-22,24-25H2,1H3. The number of halogens is 1. The third-order valence-corrected chi connectivity index (χ3v) is 8.76. The van der Waals surface area contributed by atoms with Crippen molar-refractivity contribution in [2.75, 3.05) is 29.4 Å². The predicted octanol–water partition coefficient (Wildman–Crippen LogP) is 8.14. The van der Waals surface area contributed by atoms with Crippen molar-refractivity contribution in [3.63, 3.8) is 0 Å². The number of rotatable bonds is 7. The summed E-state index contributed by atoms with van der Waals surface area (Å²) in [5.41, 5.74) is 6.41. The molecule has 1 atom stereocenters. The molecule has 4 aromatic rings. The highest BCUT2D eigenvalue weighted by atomic mass is 35.5. The van der Waals surface area contributed by atoms with Crippen molar-refractivity contribution in [2.24, 2.45) is 0 Å². The van der Waals surface area contributed by atoms with E-state index < -0.39 is 0 Å². The predicted molar refractivity (Wildman–Crippen MR) is 171 cm³/mol. The van der Waals surface area contributed by atoms with Crippen molar-refractivity contribution in [3.8, 4) is 11.1 Å². The van der Waals surface area contributed by atoms with Gasteiger partial charge in [0.25, 0.3) is 5.91 Å². The first-order valence-corrected chi connectivity index (χ1v) is 15.3. The van der Waals surface area contributed by atoms with Crippen LogP contribution in [-0.2, 0) is 11.3 Å². The van der Waals surface area contributed by atoms with E-state index in [2.05, 4.69) is 36.1 Å². The molecule has 0 bridgehead atoms. The summed E-state index contributed by atoms with van der Waals surface area (Å²) in [6.45, 7) is 4.62. The molecule has 2 amide bonds. The largest absolute Gasteiger partial charge is 0.372 e. The molecule has 1 fully saturated rings. The Kier molecular flexibility index (Phi) is 8.29. The molecule has 6 heteroatoms. The summed E-state index contributed by atoms with van der Waals surface area (Å²) < 4.78 is 0. The SMILES string of the molecule is CCC(c1ccccc1)N1CC(=O)N(Cc2ccc(Cl)cc2)c2ccc(-c3ccc(N4CCCCC4)cc3)cc2C1=O. The minimum absolute atomic E-state index is 0.00830. The van der Waals surface area contributed by atoms with Crippen LogP contribution in [0, 0.1) is 0 Å². The molecule has 0 N–H and O–H groups in total. The van der Waals surface area contributed by atoms with Crippen LogP contribution in [0.25, 0.3) is 11.1 Å². The summed E-state index contributed by atoms with van der Waals surface area (Å²) in [6, 6.07) is 31.9. The zero-order valence-electron chi connectivity index (χ0n) is 24.0. The minimum Gasteiger partial charge on any atom is -0.372 e. The van der Waals surface area contributed by atoms with Crippen LogP contribution in [0.15, 0.2) is 97.1 Å². The summed E-state index contributed by atoms with van der Waals surface area (Å²) in [5, 5.41) is 0.646. The van der Waals surface area contributed by atoms with Crippen molar-refractivity contribution >= 4 is 34.8 Å². The Morgan fingerprint density at radius 3 is 2.17 bits per heavy atom. The van der Waals surface area contributed by atoms with Crippen molar-refractivity contribution in [3.05, 3.63) is 119 Å². The third kappa shape index (κ3) is 5.79. The lowest BCUT2D eigenvalue weighted by molar-refractivity contribution is -0.119. The van der Waals surface area contributed by atoms with E-state index >= 15 is 0 Å². The van der Waals surface area contributed by atoms with Crippen LogP contribution in [0.3, 0.4) is 0 Å². The lowest BCUT2D eigenvalue weighted by Gasteiger charge is -2.30. The van der Waals surface area contributed by atoms with Gasteiger partial charge in [0.2, 0.25) is 5.91 Å². The molecule has 6 rings (SSSR count). The van der Waals surface area contributed by atoms with Crippen LogP contribution < -0.4 is 9.80 Å². The second-order valence-corrected chi connectivity index (χ2v) is 11.6. The molecule has 1 saturated heterocycles. The van der Waals surface area contributed by atoms with E-state index in [1.54, 1.807) is 9.80 Å². The zero-order valence-corrected chi connectivity index (χ0v) is 24.8. The molecular formula is C36H36ClN3O2. The fourth-order valence-electron chi connectivity index (χ4n) is 6.24. The van der Waals surface area contributed by atoms with Crippen molar-refractivity contribution < 1.29 is 9.59 Å². The molecule has 42 heavy (non-hydrogen) atoms. The molecule has 214 valence electrons. The molecular weight excluding hydrogens is 542 g/mol. The maximum absolute atomic E-state index is 14.4. The Labute approximate surface area is 253 Å².